The molecule has 1 aromatic carbocycles. The zero-order chi connectivity index (χ0) is 20.7. The maximum atomic E-state index is 12.7. The summed E-state index contributed by atoms with van der Waals surface area (Å²) in [5.74, 6) is 1.78. The van der Waals surface area contributed by atoms with E-state index in [4.69, 9.17) is 9.47 Å². The van der Waals surface area contributed by atoms with E-state index in [1.807, 2.05) is 27.7 Å². The van der Waals surface area contributed by atoms with Crippen molar-refractivity contribution in [3.63, 3.8) is 0 Å². The highest BCUT2D eigenvalue weighted by Gasteiger charge is 2.20. The Morgan fingerprint density at radius 3 is 2.57 bits per heavy atom. The summed E-state index contributed by atoms with van der Waals surface area (Å²) in [5, 5.41) is 6.18. The topological polar surface area (TPSA) is 81.2 Å². The zero-order valence-electron chi connectivity index (χ0n) is 16.5. The number of rotatable bonds is 8. The number of hydrogen-bond acceptors (Lipinski definition) is 5. The van der Waals surface area contributed by atoms with Crippen molar-refractivity contribution in [2.45, 2.75) is 45.6 Å². The van der Waals surface area contributed by atoms with Crippen LogP contribution < -0.4 is 24.8 Å². The molecule has 2 rings (SSSR count). The summed E-state index contributed by atoms with van der Waals surface area (Å²) in [6.45, 7) is 5.94. The second kappa shape index (κ2) is 9.90. The average Bonchev–Trinajstić information content (AvgIpc) is 3.05. The molecule has 2 N–H and O–H groups in total. The summed E-state index contributed by atoms with van der Waals surface area (Å²) in [7, 11) is -0.987. The van der Waals surface area contributed by atoms with E-state index in [2.05, 4.69) is 20.4 Å². The van der Waals surface area contributed by atoms with E-state index < -0.39 is 17.4 Å². The third kappa shape index (κ3) is 6.50. The number of fused-ring (bicyclic) bond motifs is 1. The molecule has 0 saturated heterocycles. The fraction of sp³-hybridized carbons (Fsp3) is 0.611. The van der Waals surface area contributed by atoms with Crippen LogP contribution in [-0.4, -0.2) is 47.2 Å². The molecule has 0 aliphatic carbocycles. The van der Waals surface area contributed by atoms with Gasteiger partial charge in [-0.2, -0.15) is 8.78 Å². The van der Waals surface area contributed by atoms with Crippen LogP contribution in [-0.2, 0) is 17.3 Å². The van der Waals surface area contributed by atoms with Gasteiger partial charge in [0.2, 0.25) is 6.79 Å². The van der Waals surface area contributed by atoms with Gasteiger partial charge in [-0.3, -0.25) is 4.21 Å². The van der Waals surface area contributed by atoms with Crippen LogP contribution in [0.25, 0.3) is 0 Å². The van der Waals surface area contributed by atoms with Crippen molar-refractivity contribution in [2.24, 2.45) is 4.99 Å². The molecule has 10 heteroatoms. The minimum absolute atomic E-state index is 0.00677. The van der Waals surface area contributed by atoms with Crippen molar-refractivity contribution < 1.29 is 27.2 Å². The zero-order valence-corrected chi connectivity index (χ0v) is 17.3. The van der Waals surface area contributed by atoms with E-state index in [9.17, 15) is 13.0 Å². The van der Waals surface area contributed by atoms with Crippen LogP contribution in [0.5, 0.6) is 17.2 Å². The van der Waals surface area contributed by atoms with Gasteiger partial charge in [0.25, 0.3) is 0 Å². The summed E-state index contributed by atoms with van der Waals surface area (Å²) >= 11 is 0. The third-order valence-electron chi connectivity index (χ3n) is 3.79. The van der Waals surface area contributed by atoms with Gasteiger partial charge in [-0.05, 0) is 33.8 Å². The molecule has 0 radical (unpaired) electrons. The minimum Gasteiger partial charge on any atom is -0.454 e. The lowest BCUT2D eigenvalue weighted by Crippen LogP contribution is -2.40. The summed E-state index contributed by atoms with van der Waals surface area (Å²) in [6.07, 6.45) is 0. The number of guanidine groups is 1. The van der Waals surface area contributed by atoms with Crippen LogP contribution in [0, 0.1) is 0 Å². The Balaban J connectivity index is 2.08. The minimum atomic E-state index is -2.96. The second-order valence-corrected chi connectivity index (χ2v) is 9.30. The van der Waals surface area contributed by atoms with Gasteiger partial charge in [0.1, 0.15) is 5.75 Å². The number of nitrogens with zero attached hydrogens (tertiary/aromatic N) is 1. The smallest absolute Gasteiger partial charge is 0.387 e. The van der Waals surface area contributed by atoms with E-state index in [0.29, 0.717) is 41.9 Å². The van der Waals surface area contributed by atoms with Gasteiger partial charge < -0.3 is 24.8 Å². The molecule has 1 unspecified atom stereocenters. The molecule has 1 atom stereocenters. The van der Waals surface area contributed by atoms with Crippen molar-refractivity contribution in [2.75, 3.05) is 25.6 Å². The third-order valence-corrected chi connectivity index (χ3v) is 5.73. The SMILES string of the molecule is CCNC(=NCc1cc2c(cc1OC(F)F)OCO2)NCCS(=O)C(C)(C)C. The predicted molar refractivity (Wildman–Crippen MR) is 105 cm³/mol. The summed E-state index contributed by atoms with van der Waals surface area (Å²) < 4.78 is 52.4. The van der Waals surface area contributed by atoms with Crippen LogP contribution in [0.1, 0.15) is 33.3 Å². The second-order valence-electron chi connectivity index (χ2n) is 6.98. The lowest BCUT2D eigenvalue weighted by molar-refractivity contribution is -0.0505. The normalized spacial score (nSPS) is 14.9. The fourth-order valence-corrected chi connectivity index (χ4v) is 3.27. The van der Waals surface area contributed by atoms with Gasteiger partial charge in [0, 0.05) is 46.0 Å². The maximum Gasteiger partial charge on any atom is 0.387 e. The number of benzene rings is 1. The average molecular weight is 419 g/mol. The van der Waals surface area contributed by atoms with E-state index in [0.717, 1.165) is 0 Å². The summed E-state index contributed by atoms with van der Waals surface area (Å²) in [5.41, 5.74) is 0.444. The van der Waals surface area contributed by atoms with Crippen molar-refractivity contribution in [1.82, 2.24) is 10.6 Å². The molecular weight excluding hydrogens is 392 g/mol. The molecule has 0 spiro atoms. The number of ether oxygens (including phenoxy) is 3. The number of hydrogen-bond donors (Lipinski definition) is 2. The number of halogens is 2. The molecule has 1 aliphatic rings. The highest BCUT2D eigenvalue weighted by atomic mass is 32.2. The van der Waals surface area contributed by atoms with Crippen molar-refractivity contribution >= 4 is 16.8 Å². The highest BCUT2D eigenvalue weighted by molar-refractivity contribution is 7.86. The van der Waals surface area contributed by atoms with Crippen LogP contribution in [0.15, 0.2) is 17.1 Å². The predicted octanol–water partition coefficient (Wildman–Crippen LogP) is 2.62. The molecular formula is C18H27F2N3O4S. The Morgan fingerprint density at radius 2 is 1.96 bits per heavy atom. The fourth-order valence-electron chi connectivity index (χ4n) is 2.37. The number of aliphatic imine (C=N–C) groups is 1. The molecule has 0 amide bonds. The number of nitrogens with one attached hydrogen (secondary N) is 2. The first kappa shape index (κ1) is 22.2. The Bertz CT molecular complexity index is 724. The standard InChI is InChI=1S/C18H27F2N3O4S/c1-5-21-17(22-6-7-28(24)18(2,3)4)23-10-12-8-14-15(26-11-25-14)9-13(12)27-16(19)20/h8-9,16H,5-7,10-11H2,1-4H3,(H2,21,22,23). The van der Waals surface area contributed by atoms with Gasteiger partial charge in [-0.15, -0.1) is 0 Å². The first-order chi connectivity index (χ1) is 13.2. The van der Waals surface area contributed by atoms with Crippen molar-refractivity contribution in [3.05, 3.63) is 17.7 Å². The first-order valence-corrected chi connectivity index (χ1v) is 10.3. The van der Waals surface area contributed by atoms with E-state index in [-0.39, 0.29) is 23.8 Å². The van der Waals surface area contributed by atoms with E-state index >= 15 is 0 Å². The molecule has 28 heavy (non-hydrogen) atoms. The monoisotopic (exact) mass is 419 g/mol. The van der Waals surface area contributed by atoms with Gasteiger partial charge in [-0.1, -0.05) is 0 Å². The molecule has 0 bridgehead atoms. The molecule has 158 valence electrons. The molecule has 0 fully saturated rings. The Hall–Kier alpha value is -2.10. The highest BCUT2D eigenvalue weighted by Crippen LogP contribution is 2.39. The molecule has 1 aromatic rings. The van der Waals surface area contributed by atoms with Crippen molar-refractivity contribution in [3.8, 4) is 17.2 Å². The molecule has 1 heterocycles. The molecule has 7 nitrogen and oxygen atoms in total. The quantitative estimate of drug-likeness (QED) is 0.498. The van der Waals surface area contributed by atoms with Gasteiger partial charge in [-0.25, -0.2) is 4.99 Å². The molecule has 0 saturated carbocycles. The lowest BCUT2D eigenvalue weighted by Gasteiger charge is -2.18. The van der Waals surface area contributed by atoms with E-state index in [1.165, 1.54) is 6.07 Å². The van der Waals surface area contributed by atoms with E-state index in [1.54, 1.807) is 6.07 Å². The van der Waals surface area contributed by atoms with Crippen LogP contribution in [0.3, 0.4) is 0 Å². The first-order valence-electron chi connectivity index (χ1n) is 8.98. The molecule has 1 aliphatic heterocycles. The van der Waals surface area contributed by atoms with Crippen LogP contribution in [0.4, 0.5) is 8.78 Å². The maximum absolute atomic E-state index is 12.7. The summed E-state index contributed by atoms with van der Waals surface area (Å²) in [4.78, 5) is 4.41. The number of alkyl halides is 2. The van der Waals surface area contributed by atoms with Crippen molar-refractivity contribution in [1.29, 1.82) is 0 Å². The summed E-state index contributed by atoms with van der Waals surface area (Å²) in [6, 6.07) is 2.97. The lowest BCUT2D eigenvalue weighted by atomic mass is 10.1. The van der Waals surface area contributed by atoms with Gasteiger partial charge in [0.05, 0.1) is 6.54 Å². The van der Waals surface area contributed by atoms with Gasteiger partial charge >= 0.3 is 6.61 Å². The molecule has 0 aromatic heterocycles. The van der Waals surface area contributed by atoms with Crippen LogP contribution in [0.2, 0.25) is 0 Å². The van der Waals surface area contributed by atoms with Gasteiger partial charge in [0.15, 0.2) is 17.5 Å². The Labute approximate surface area is 166 Å². The largest absolute Gasteiger partial charge is 0.454 e. The van der Waals surface area contributed by atoms with Crippen LogP contribution >= 0.6 is 0 Å². The Kier molecular flexibility index (Phi) is 7.85. The Morgan fingerprint density at radius 1 is 1.29 bits per heavy atom.